The van der Waals surface area contributed by atoms with Crippen molar-refractivity contribution in [2.75, 3.05) is 26.4 Å². The predicted molar refractivity (Wildman–Crippen MR) is 106 cm³/mol. The van der Waals surface area contributed by atoms with Crippen LogP contribution in [0.5, 0.6) is 0 Å². The Labute approximate surface area is 175 Å². The predicted octanol–water partition coefficient (Wildman–Crippen LogP) is 1.65. The number of aryl methyl sites for hydroxylation is 1. The molecule has 2 atom stereocenters. The first-order valence-electron chi connectivity index (χ1n) is 9.93. The van der Waals surface area contributed by atoms with Crippen LogP contribution in [-0.4, -0.2) is 71.4 Å². The summed E-state index contributed by atoms with van der Waals surface area (Å²) >= 11 is 0. The molecule has 30 heavy (non-hydrogen) atoms. The van der Waals surface area contributed by atoms with Crippen molar-refractivity contribution in [3.63, 3.8) is 0 Å². The van der Waals surface area contributed by atoms with E-state index in [0.717, 1.165) is 25.7 Å². The van der Waals surface area contributed by atoms with Gasteiger partial charge in [0.25, 0.3) is 5.60 Å². The maximum absolute atomic E-state index is 11.8. The lowest BCUT2D eigenvalue weighted by Gasteiger charge is -2.27. The molecule has 0 saturated carbocycles. The second-order valence-corrected chi connectivity index (χ2v) is 6.64. The summed E-state index contributed by atoms with van der Waals surface area (Å²) in [6.45, 7) is 1.78. The van der Waals surface area contributed by atoms with Crippen LogP contribution in [0.4, 0.5) is 0 Å². The largest absolute Gasteiger partial charge is 0.479 e. The SMILES string of the molecule is CCOC(=O)C(O)(C(=O)O)C(OCCCOCCCCCc1ccccc1)C(=O)O. The van der Waals surface area contributed by atoms with Crippen LogP contribution in [0.1, 0.15) is 38.2 Å². The van der Waals surface area contributed by atoms with Gasteiger partial charge in [0.1, 0.15) is 0 Å². The van der Waals surface area contributed by atoms with Crippen molar-refractivity contribution >= 4 is 17.9 Å². The fourth-order valence-electron chi connectivity index (χ4n) is 2.74. The summed E-state index contributed by atoms with van der Waals surface area (Å²) in [5.74, 6) is -5.43. The summed E-state index contributed by atoms with van der Waals surface area (Å²) < 4.78 is 14.9. The molecular weight excluding hydrogens is 396 g/mol. The van der Waals surface area contributed by atoms with E-state index in [9.17, 15) is 24.6 Å². The van der Waals surface area contributed by atoms with Crippen molar-refractivity contribution in [1.82, 2.24) is 0 Å². The average Bonchev–Trinajstić information content (AvgIpc) is 2.72. The van der Waals surface area contributed by atoms with Gasteiger partial charge in [-0.2, -0.15) is 0 Å². The van der Waals surface area contributed by atoms with E-state index in [1.54, 1.807) is 0 Å². The monoisotopic (exact) mass is 426 g/mol. The highest BCUT2D eigenvalue weighted by molar-refractivity contribution is 6.07. The smallest absolute Gasteiger partial charge is 0.353 e. The summed E-state index contributed by atoms with van der Waals surface area (Å²) in [4.78, 5) is 34.4. The number of hydrogen-bond donors (Lipinski definition) is 3. The number of unbranched alkanes of at least 4 members (excludes halogenated alkanes) is 2. The number of carboxylic acid groups (broad SMARTS) is 2. The number of aliphatic carboxylic acids is 2. The van der Waals surface area contributed by atoms with Gasteiger partial charge in [-0.1, -0.05) is 36.8 Å². The van der Waals surface area contributed by atoms with Crippen LogP contribution in [0.15, 0.2) is 30.3 Å². The zero-order chi connectivity index (χ0) is 22.4. The molecule has 0 heterocycles. The van der Waals surface area contributed by atoms with E-state index in [1.165, 1.54) is 12.5 Å². The number of rotatable bonds is 16. The summed E-state index contributed by atoms with van der Waals surface area (Å²) in [5, 5.41) is 28.5. The molecule has 2 unspecified atom stereocenters. The van der Waals surface area contributed by atoms with Crippen LogP contribution < -0.4 is 0 Å². The molecule has 0 radical (unpaired) electrons. The molecule has 9 nitrogen and oxygen atoms in total. The third-order valence-electron chi connectivity index (χ3n) is 4.33. The van der Waals surface area contributed by atoms with Crippen LogP contribution in [0.25, 0.3) is 0 Å². The van der Waals surface area contributed by atoms with Crippen molar-refractivity contribution in [3.05, 3.63) is 35.9 Å². The molecule has 0 amide bonds. The molecule has 0 aromatic heterocycles. The Bertz CT molecular complexity index is 662. The van der Waals surface area contributed by atoms with E-state index in [4.69, 9.17) is 14.6 Å². The van der Waals surface area contributed by atoms with Gasteiger partial charge in [0.05, 0.1) is 13.2 Å². The topological polar surface area (TPSA) is 140 Å². The summed E-state index contributed by atoms with van der Waals surface area (Å²) in [6, 6.07) is 10.2. The first-order chi connectivity index (χ1) is 14.3. The summed E-state index contributed by atoms with van der Waals surface area (Å²) in [6.07, 6.45) is 1.93. The highest BCUT2D eigenvalue weighted by Gasteiger charge is 2.57. The van der Waals surface area contributed by atoms with Gasteiger partial charge < -0.3 is 29.5 Å². The Morgan fingerprint density at radius 2 is 1.63 bits per heavy atom. The maximum Gasteiger partial charge on any atom is 0.353 e. The summed E-state index contributed by atoms with van der Waals surface area (Å²) in [5.41, 5.74) is -2.03. The number of esters is 1. The van der Waals surface area contributed by atoms with Gasteiger partial charge in [-0.05, 0) is 38.2 Å². The summed E-state index contributed by atoms with van der Waals surface area (Å²) in [7, 11) is 0. The van der Waals surface area contributed by atoms with Crippen LogP contribution in [0.2, 0.25) is 0 Å². The first kappa shape index (κ1) is 25.5. The molecule has 0 aliphatic heterocycles. The van der Waals surface area contributed by atoms with Gasteiger partial charge >= 0.3 is 17.9 Å². The van der Waals surface area contributed by atoms with Crippen molar-refractivity contribution in [2.24, 2.45) is 0 Å². The fourth-order valence-corrected chi connectivity index (χ4v) is 2.74. The van der Waals surface area contributed by atoms with Gasteiger partial charge in [-0.25, -0.2) is 14.4 Å². The first-order valence-corrected chi connectivity index (χ1v) is 9.93. The van der Waals surface area contributed by atoms with E-state index < -0.39 is 29.6 Å². The molecule has 0 bridgehead atoms. The third-order valence-corrected chi connectivity index (χ3v) is 4.33. The molecule has 3 N–H and O–H groups in total. The zero-order valence-electron chi connectivity index (χ0n) is 17.1. The van der Waals surface area contributed by atoms with E-state index in [-0.39, 0.29) is 26.2 Å². The number of ether oxygens (including phenoxy) is 3. The molecule has 0 aliphatic carbocycles. The van der Waals surface area contributed by atoms with Gasteiger partial charge in [0, 0.05) is 13.2 Å². The molecule has 0 aliphatic rings. The molecule has 1 rings (SSSR count). The minimum atomic E-state index is -3.33. The molecule has 1 aromatic rings. The number of carboxylic acids is 2. The second-order valence-electron chi connectivity index (χ2n) is 6.64. The Hall–Kier alpha value is -2.49. The zero-order valence-corrected chi connectivity index (χ0v) is 17.1. The Kier molecular flexibility index (Phi) is 11.7. The Morgan fingerprint density at radius 1 is 0.967 bits per heavy atom. The van der Waals surface area contributed by atoms with Crippen LogP contribution in [0, 0.1) is 0 Å². The van der Waals surface area contributed by atoms with Crippen LogP contribution in [0.3, 0.4) is 0 Å². The molecule has 0 saturated heterocycles. The molecule has 0 fully saturated rings. The minimum Gasteiger partial charge on any atom is -0.479 e. The fraction of sp³-hybridized carbons (Fsp3) is 0.571. The number of aliphatic hydroxyl groups is 1. The van der Waals surface area contributed by atoms with E-state index in [0.29, 0.717) is 6.61 Å². The van der Waals surface area contributed by atoms with Crippen molar-refractivity contribution in [2.45, 2.75) is 50.7 Å². The normalized spacial score (nSPS) is 13.9. The van der Waals surface area contributed by atoms with E-state index in [2.05, 4.69) is 16.9 Å². The van der Waals surface area contributed by atoms with Gasteiger partial charge in [0.15, 0.2) is 0 Å². The molecular formula is C21H30O9. The van der Waals surface area contributed by atoms with Crippen molar-refractivity contribution in [1.29, 1.82) is 0 Å². The number of benzene rings is 1. The number of carbonyl (C=O) groups is 3. The Balaban J connectivity index is 2.27. The lowest BCUT2D eigenvalue weighted by Crippen LogP contribution is -2.60. The van der Waals surface area contributed by atoms with Crippen molar-refractivity contribution < 1.29 is 43.9 Å². The lowest BCUT2D eigenvalue weighted by atomic mass is 9.96. The molecule has 9 heteroatoms. The standard InChI is InChI=1S/C21H30O9/c1-2-29-20(26)21(27,19(24)25)17(18(22)23)30-15-9-14-28-13-8-4-7-12-16-10-5-3-6-11-16/h3,5-6,10-11,17,27H,2,4,7-9,12-15H2,1H3,(H,22,23)(H,24,25). The number of hydrogen-bond acceptors (Lipinski definition) is 7. The lowest BCUT2D eigenvalue weighted by molar-refractivity contribution is -0.204. The second kappa shape index (κ2) is 13.7. The van der Waals surface area contributed by atoms with Gasteiger partial charge in [0.2, 0.25) is 6.10 Å². The van der Waals surface area contributed by atoms with Gasteiger partial charge in [-0.15, -0.1) is 0 Å². The quantitative estimate of drug-likeness (QED) is 0.204. The highest BCUT2D eigenvalue weighted by atomic mass is 16.6. The minimum absolute atomic E-state index is 0.208. The van der Waals surface area contributed by atoms with Crippen LogP contribution >= 0.6 is 0 Å². The highest BCUT2D eigenvalue weighted by Crippen LogP contribution is 2.18. The Morgan fingerprint density at radius 3 is 2.23 bits per heavy atom. The maximum atomic E-state index is 11.8. The molecule has 1 aromatic carbocycles. The van der Waals surface area contributed by atoms with E-state index >= 15 is 0 Å². The third kappa shape index (κ3) is 8.10. The molecule has 168 valence electrons. The van der Waals surface area contributed by atoms with Crippen LogP contribution in [-0.2, 0) is 35.0 Å². The van der Waals surface area contributed by atoms with Crippen molar-refractivity contribution in [3.8, 4) is 0 Å². The van der Waals surface area contributed by atoms with Gasteiger partial charge in [-0.3, -0.25) is 0 Å². The molecule has 0 spiro atoms. The number of carbonyl (C=O) groups excluding carboxylic acids is 1. The average molecular weight is 426 g/mol. The van der Waals surface area contributed by atoms with E-state index in [1.807, 2.05) is 18.2 Å².